The van der Waals surface area contributed by atoms with Gasteiger partial charge >= 0.3 is 0 Å². The summed E-state index contributed by atoms with van der Waals surface area (Å²) >= 11 is 0. The van der Waals surface area contributed by atoms with Crippen molar-refractivity contribution in [1.82, 2.24) is 9.88 Å². The molecular weight excluding hydrogens is 540 g/mol. The minimum Gasteiger partial charge on any atom is -0.378 e. The van der Waals surface area contributed by atoms with Gasteiger partial charge in [0.25, 0.3) is 11.8 Å². The fourth-order valence-corrected chi connectivity index (χ4v) is 5.06. The highest BCUT2D eigenvalue weighted by Crippen LogP contribution is 2.33. The maximum atomic E-state index is 13.3. The van der Waals surface area contributed by atoms with Gasteiger partial charge in [0.15, 0.2) is 0 Å². The molecule has 0 saturated carbocycles. The van der Waals surface area contributed by atoms with Crippen LogP contribution in [-0.2, 0) is 11.3 Å². The summed E-state index contributed by atoms with van der Waals surface area (Å²) in [6, 6.07) is 26.3. The highest BCUT2D eigenvalue weighted by atomic mass is 16.5. The van der Waals surface area contributed by atoms with E-state index in [-0.39, 0.29) is 11.8 Å². The Balaban J connectivity index is 1.43. The average Bonchev–Trinajstić information content (AvgIpc) is 3.07. The van der Waals surface area contributed by atoms with Crippen molar-refractivity contribution < 1.29 is 14.3 Å². The van der Waals surface area contributed by atoms with Crippen LogP contribution in [-0.4, -0.2) is 61.1 Å². The van der Waals surface area contributed by atoms with Crippen molar-refractivity contribution in [3.05, 3.63) is 114 Å². The number of benzene rings is 3. The number of carbonyl (C=O) groups is 2. The minimum atomic E-state index is -0.255. The first-order chi connectivity index (χ1) is 21.1. The Bertz CT molecular complexity index is 1590. The Morgan fingerprint density at radius 2 is 1.77 bits per heavy atom. The lowest BCUT2D eigenvalue weighted by atomic mass is 10.0. The zero-order chi connectivity index (χ0) is 30.0. The van der Waals surface area contributed by atoms with Crippen molar-refractivity contribution in [3.8, 4) is 17.2 Å². The van der Waals surface area contributed by atoms with E-state index < -0.39 is 0 Å². The van der Waals surface area contributed by atoms with Crippen molar-refractivity contribution in [3.63, 3.8) is 0 Å². The highest BCUT2D eigenvalue weighted by Gasteiger charge is 2.19. The molecule has 0 atom stereocenters. The maximum Gasteiger partial charge on any atom is 0.255 e. The largest absolute Gasteiger partial charge is 0.378 e. The lowest BCUT2D eigenvalue weighted by Crippen LogP contribution is -2.36. The molecule has 1 aliphatic heterocycles. The molecule has 3 N–H and O–H groups in total. The molecule has 4 aromatic rings. The van der Waals surface area contributed by atoms with Gasteiger partial charge < -0.3 is 25.6 Å². The van der Waals surface area contributed by atoms with E-state index in [0.717, 1.165) is 35.5 Å². The van der Waals surface area contributed by atoms with Crippen molar-refractivity contribution in [2.75, 3.05) is 49.6 Å². The van der Waals surface area contributed by atoms with Gasteiger partial charge in [0.05, 0.1) is 41.8 Å². The molecule has 0 radical (unpaired) electrons. The molecule has 0 aliphatic carbocycles. The third-order valence-electron chi connectivity index (χ3n) is 7.33. The summed E-state index contributed by atoms with van der Waals surface area (Å²) in [5.74, 6) is -0.344. The number of hydrogen-bond acceptors (Lipinski definition) is 7. The first-order valence-corrected chi connectivity index (χ1v) is 14.3. The molecule has 218 valence electrons. The molecule has 0 bridgehead atoms. The van der Waals surface area contributed by atoms with Crippen molar-refractivity contribution in [1.29, 1.82) is 5.26 Å². The third kappa shape index (κ3) is 7.43. The topological polar surface area (TPSA) is 125 Å². The van der Waals surface area contributed by atoms with Gasteiger partial charge in [0, 0.05) is 44.1 Å². The van der Waals surface area contributed by atoms with Crippen LogP contribution >= 0.6 is 0 Å². The molecule has 9 nitrogen and oxygen atoms in total. The van der Waals surface area contributed by atoms with E-state index in [4.69, 9.17) is 15.7 Å². The fraction of sp³-hybridized carbons (Fsp3) is 0.235. The van der Waals surface area contributed by atoms with E-state index in [2.05, 4.69) is 27.3 Å². The molecule has 1 fully saturated rings. The lowest BCUT2D eigenvalue weighted by Gasteiger charge is -2.31. The van der Waals surface area contributed by atoms with Crippen molar-refractivity contribution in [2.45, 2.75) is 13.0 Å². The SMILES string of the molecule is N#Cc1ccc(C(=O)Nc2cc(-c3cccc(CN(CCCN)C(=O)c4cccnc4)c3)ccc2N2CCOCC2)cc1. The van der Waals surface area contributed by atoms with Gasteiger partial charge in [-0.05, 0) is 84.3 Å². The Morgan fingerprint density at radius 1 is 0.977 bits per heavy atom. The Labute approximate surface area is 251 Å². The normalized spacial score (nSPS) is 12.8. The third-order valence-corrected chi connectivity index (χ3v) is 7.33. The molecule has 1 aromatic heterocycles. The number of aromatic nitrogens is 1. The van der Waals surface area contributed by atoms with E-state index in [1.807, 2.05) is 36.4 Å². The summed E-state index contributed by atoms with van der Waals surface area (Å²) in [6.45, 7) is 4.13. The average molecular weight is 575 g/mol. The van der Waals surface area contributed by atoms with Crippen LogP contribution in [0.4, 0.5) is 11.4 Å². The Hall–Kier alpha value is -5.04. The van der Waals surface area contributed by atoms with E-state index in [1.54, 1.807) is 53.7 Å². The van der Waals surface area contributed by atoms with Crippen LogP contribution in [0.15, 0.2) is 91.3 Å². The minimum absolute atomic E-state index is 0.0883. The first kappa shape index (κ1) is 29.5. The molecular formula is C34H34N6O3. The van der Waals surface area contributed by atoms with Crippen LogP contribution in [0.5, 0.6) is 0 Å². The molecule has 1 aliphatic rings. The quantitative estimate of drug-likeness (QED) is 0.281. The summed E-state index contributed by atoms with van der Waals surface area (Å²) in [7, 11) is 0. The van der Waals surface area contributed by atoms with Crippen molar-refractivity contribution in [2.24, 2.45) is 5.73 Å². The maximum absolute atomic E-state index is 13.3. The van der Waals surface area contributed by atoms with E-state index in [9.17, 15) is 9.59 Å². The highest BCUT2D eigenvalue weighted by molar-refractivity contribution is 6.06. The second kappa shape index (κ2) is 14.2. The summed E-state index contributed by atoms with van der Waals surface area (Å²) < 4.78 is 5.55. The van der Waals surface area contributed by atoms with Gasteiger partial charge in [-0.1, -0.05) is 24.3 Å². The van der Waals surface area contributed by atoms with Gasteiger partial charge in [-0.3, -0.25) is 14.6 Å². The Kier molecular flexibility index (Phi) is 9.74. The number of carbonyl (C=O) groups excluding carboxylic acids is 2. The van der Waals surface area contributed by atoms with Crippen LogP contribution < -0.4 is 16.0 Å². The predicted octanol–water partition coefficient (Wildman–Crippen LogP) is 4.70. The number of anilines is 2. The van der Waals surface area contributed by atoms with E-state index in [1.165, 1.54) is 0 Å². The molecule has 5 rings (SSSR count). The monoisotopic (exact) mass is 574 g/mol. The lowest BCUT2D eigenvalue weighted by molar-refractivity contribution is 0.0741. The van der Waals surface area contributed by atoms with E-state index >= 15 is 0 Å². The molecule has 1 saturated heterocycles. The number of nitriles is 1. The molecule has 43 heavy (non-hydrogen) atoms. The number of hydrogen-bond donors (Lipinski definition) is 2. The predicted molar refractivity (Wildman–Crippen MR) is 167 cm³/mol. The van der Waals surface area contributed by atoms with Crippen LogP contribution in [0.3, 0.4) is 0 Å². The van der Waals surface area contributed by atoms with Crippen LogP contribution in [0.2, 0.25) is 0 Å². The number of morpholine rings is 1. The smallest absolute Gasteiger partial charge is 0.255 e. The number of nitrogens with zero attached hydrogens (tertiary/aromatic N) is 4. The molecule has 2 amide bonds. The molecule has 9 heteroatoms. The van der Waals surface area contributed by atoms with E-state index in [0.29, 0.717) is 61.6 Å². The first-order valence-electron chi connectivity index (χ1n) is 14.3. The summed E-state index contributed by atoms with van der Waals surface area (Å²) in [6.07, 6.45) is 3.92. The zero-order valence-electron chi connectivity index (χ0n) is 23.9. The Morgan fingerprint density at radius 3 is 2.49 bits per heavy atom. The van der Waals surface area contributed by atoms with Gasteiger partial charge in [-0.2, -0.15) is 5.26 Å². The number of ether oxygens (including phenoxy) is 1. The second-order valence-corrected chi connectivity index (χ2v) is 10.3. The van der Waals surface area contributed by atoms with Gasteiger partial charge in [-0.15, -0.1) is 0 Å². The standard InChI is InChI=1S/C34H34N6O3/c35-13-3-15-40(34(42)30-6-2-14-37-23-30)24-26-4-1-5-28(20-26)29-11-12-32(39-16-18-43-19-17-39)31(21-29)38-33(41)27-9-7-25(22-36)8-10-27/h1-2,4-12,14,20-21,23H,3,13,15-19,24,35H2,(H,38,41). The van der Waals surface area contributed by atoms with Gasteiger partial charge in [0.1, 0.15) is 0 Å². The van der Waals surface area contributed by atoms with Crippen LogP contribution in [0.25, 0.3) is 11.1 Å². The molecule has 2 heterocycles. The van der Waals surface area contributed by atoms with Crippen LogP contribution in [0, 0.1) is 11.3 Å². The number of pyridine rings is 1. The summed E-state index contributed by atoms with van der Waals surface area (Å²) in [4.78, 5) is 34.6. The van der Waals surface area contributed by atoms with Crippen LogP contribution in [0.1, 0.15) is 38.3 Å². The molecule has 0 unspecified atom stereocenters. The number of nitrogens with two attached hydrogens (primary N) is 1. The summed E-state index contributed by atoms with van der Waals surface area (Å²) in [5, 5.41) is 12.2. The fourth-order valence-electron chi connectivity index (χ4n) is 5.06. The van der Waals surface area contributed by atoms with Crippen molar-refractivity contribution >= 4 is 23.2 Å². The molecule has 0 spiro atoms. The number of rotatable bonds is 10. The second-order valence-electron chi connectivity index (χ2n) is 10.3. The molecule has 3 aromatic carbocycles. The zero-order valence-corrected chi connectivity index (χ0v) is 23.9. The number of nitrogens with one attached hydrogen (secondary N) is 1. The summed E-state index contributed by atoms with van der Waals surface area (Å²) in [5.41, 5.74) is 11.8. The van der Waals surface area contributed by atoms with Gasteiger partial charge in [-0.25, -0.2) is 0 Å². The number of amides is 2. The van der Waals surface area contributed by atoms with Gasteiger partial charge in [0.2, 0.25) is 0 Å².